The third kappa shape index (κ3) is 2.34. The molecule has 0 saturated carbocycles. The van der Waals surface area contributed by atoms with Crippen molar-refractivity contribution in [3.63, 3.8) is 0 Å². The van der Waals surface area contributed by atoms with Crippen LogP contribution in [0.5, 0.6) is 0 Å². The van der Waals surface area contributed by atoms with Crippen LogP contribution in [0.1, 0.15) is 40.6 Å². The van der Waals surface area contributed by atoms with Gasteiger partial charge in [-0.05, 0) is 44.7 Å². The Labute approximate surface area is 123 Å². The second kappa shape index (κ2) is 5.19. The van der Waals surface area contributed by atoms with Crippen LogP contribution in [0.15, 0.2) is 18.2 Å². The van der Waals surface area contributed by atoms with Gasteiger partial charge in [-0.25, -0.2) is 4.98 Å². The first-order chi connectivity index (χ1) is 9.56. The Kier molecular flexibility index (Phi) is 3.52. The van der Waals surface area contributed by atoms with E-state index in [2.05, 4.69) is 41.9 Å². The molecule has 1 heterocycles. The van der Waals surface area contributed by atoms with E-state index in [-0.39, 0.29) is 6.10 Å². The van der Waals surface area contributed by atoms with E-state index in [9.17, 15) is 5.11 Å². The van der Waals surface area contributed by atoms with Crippen LogP contribution >= 0.6 is 11.3 Å². The third-order valence-corrected chi connectivity index (χ3v) is 5.12. The molecule has 20 heavy (non-hydrogen) atoms. The molecule has 106 valence electrons. The number of fused-ring (bicyclic) bond motifs is 1. The minimum Gasteiger partial charge on any atom is -0.387 e. The van der Waals surface area contributed by atoms with Crippen LogP contribution in [0, 0.1) is 13.8 Å². The number of aliphatic hydroxyl groups is 1. The van der Waals surface area contributed by atoms with Crippen molar-refractivity contribution in [2.24, 2.45) is 0 Å². The van der Waals surface area contributed by atoms with Crippen molar-refractivity contribution in [1.82, 2.24) is 4.98 Å². The van der Waals surface area contributed by atoms with Crippen molar-refractivity contribution in [2.45, 2.75) is 39.2 Å². The number of anilines is 2. The van der Waals surface area contributed by atoms with E-state index in [1.165, 1.54) is 21.7 Å². The average molecular weight is 288 g/mol. The maximum Gasteiger partial charge on any atom is 0.190 e. The summed E-state index contributed by atoms with van der Waals surface area (Å²) in [6.07, 6.45) is 2.56. The molecule has 1 atom stereocenters. The number of aliphatic hydroxyl groups excluding tert-OH is 1. The van der Waals surface area contributed by atoms with Gasteiger partial charge in [0.05, 0.1) is 11.8 Å². The molecule has 0 saturated heterocycles. The van der Waals surface area contributed by atoms with Gasteiger partial charge in [0.1, 0.15) is 0 Å². The lowest BCUT2D eigenvalue weighted by atomic mass is 10.0. The summed E-state index contributed by atoms with van der Waals surface area (Å²) in [7, 11) is 2.05. The lowest BCUT2D eigenvalue weighted by Gasteiger charge is -2.18. The molecule has 1 aliphatic carbocycles. The van der Waals surface area contributed by atoms with E-state index in [1.807, 2.05) is 7.05 Å². The van der Waals surface area contributed by atoms with Crippen molar-refractivity contribution in [3.05, 3.63) is 39.9 Å². The summed E-state index contributed by atoms with van der Waals surface area (Å²) < 4.78 is 0. The van der Waals surface area contributed by atoms with Crippen molar-refractivity contribution in [3.8, 4) is 0 Å². The van der Waals surface area contributed by atoms with Crippen molar-refractivity contribution < 1.29 is 5.11 Å². The summed E-state index contributed by atoms with van der Waals surface area (Å²) >= 11 is 1.71. The normalized spacial score (nSPS) is 17.9. The van der Waals surface area contributed by atoms with E-state index in [0.29, 0.717) is 0 Å². The topological polar surface area (TPSA) is 36.4 Å². The van der Waals surface area contributed by atoms with E-state index >= 15 is 0 Å². The van der Waals surface area contributed by atoms with Crippen LogP contribution in [0.3, 0.4) is 0 Å². The Morgan fingerprint density at radius 3 is 2.85 bits per heavy atom. The molecule has 1 aromatic carbocycles. The quantitative estimate of drug-likeness (QED) is 0.910. The highest BCUT2D eigenvalue weighted by Crippen LogP contribution is 2.38. The average Bonchev–Trinajstić information content (AvgIpc) is 2.83. The summed E-state index contributed by atoms with van der Waals surface area (Å²) in [6.45, 7) is 4.23. The van der Waals surface area contributed by atoms with Crippen LogP contribution in [0.25, 0.3) is 0 Å². The summed E-state index contributed by atoms with van der Waals surface area (Å²) in [4.78, 5) is 8.04. The first kappa shape index (κ1) is 13.6. The van der Waals surface area contributed by atoms with Crippen LogP contribution in [0.2, 0.25) is 0 Å². The minimum atomic E-state index is -0.378. The molecule has 3 nitrogen and oxygen atoms in total. The second-order valence-corrected chi connectivity index (χ2v) is 6.62. The number of benzene rings is 1. The fourth-order valence-corrected chi connectivity index (χ4v) is 3.94. The van der Waals surface area contributed by atoms with Gasteiger partial charge in [-0.3, -0.25) is 0 Å². The number of hydrogen-bond donors (Lipinski definition) is 1. The van der Waals surface area contributed by atoms with E-state index in [1.54, 1.807) is 11.3 Å². The van der Waals surface area contributed by atoms with Gasteiger partial charge in [0.25, 0.3) is 0 Å². The third-order valence-electron chi connectivity index (χ3n) is 3.91. The molecule has 0 aliphatic heterocycles. The zero-order valence-electron chi connectivity index (χ0n) is 12.2. The largest absolute Gasteiger partial charge is 0.387 e. The molecular formula is C16H20N2OS. The highest BCUT2D eigenvalue weighted by atomic mass is 32.1. The fraction of sp³-hybridized carbons (Fsp3) is 0.438. The van der Waals surface area contributed by atoms with Gasteiger partial charge < -0.3 is 10.0 Å². The molecule has 0 fully saturated rings. The lowest BCUT2D eigenvalue weighted by molar-refractivity contribution is 0.153. The monoisotopic (exact) mass is 288 g/mol. The molecule has 0 bridgehead atoms. The maximum absolute atomic E-state index is 10.0. The molecule has 0 amide bonds. The van der Waals surface area contributed by atoms with Crippen LogP contribution < -0.4 is 4.90 Å². The van der Waals surface area contributed by atoms with Gasteiger partial charge in [0.15, 0.2) is 5.13 Å². The van der Waals surface area contributed by atoms with E-state index in [0.717, 1.165) is 30.1 Å². The summed E-state index contributed by atoms with van der Waals surface area (Å²) in [5.74, 6) is 0. The van der Waals surface area contributed by atoms with Gasteiger partial charge in [0, 0.05) is 17.6 Å². The predicted octanol–water partition coefficient (Wildman–Crippen LogP) is 3.90. The second-order valence-electron chi connectivity index (χ2n) is 5.56. The first-order valence-electron chi connectivity index (χ1n) is 7.05. The van der Waals surface area contributed by atoms with Gasteiger partial charge in [0.2, 0.25) is 0 Å². The molecule has 1 unspecified atom stereocenters. The summed E-state index contributed by atoms with van der Waals surface area (Å²) in [6, 6.07) is 6.46. The number of rotatable bonds is 2. The Morgan fingerprint density at radius 1 is 1.35 bits per heavy atom. The molecular weight excluding hydrogens is 268 g/mol. The molecule has 4 heteroatoms. The van der Waals surface area contributed by atoms with Crippen LogP contribution in [-0.2, 0) is 6.42 Å². The van der Waals surface area contributed by atoms with E-state index in [4.69, 9.17) is 0 Å². The fourth-order valence-electron chi connectivity index (χ4n) is 2.81. The van der Waals surface area contributed by atoms with Crippen molar-refractivity contribution >= 4 is 22.2 Å². The zero-order chi connectivity index (χ0) is 14.3. The van der Waals surface area contributed by atoms with Gasteiger partial charge in [-0.15, -0.1) is 11.3 Å². The molecule has 1 N–H and O–H groups in total. The standard InChI is InChI=1S/C16H20N2OS/c1-10-7-8-12(11(2)9-10)18(3)16-17-15-13(19)5-4-6-14(15)20-16/h7-9,13,19H,4-6H2,1-3H3. The highest BCUT2D eigenvalue weighted by molar-refractivity contribution is 7.15. The lowest BCUT2D eigenvalue weighted by Crippen LogP contribution is -2.11. The van der Waals surface area contributed by atoms with Crippen molar-refractivity contribution in [1.29, 1.82) is 0 Å². The molecule has 3 rings (SSSR count). The maximum atomic E-state index is 10.0. The molecule has 0 spiro atoms. The van der Waals surface area contributed by atoms with Gasteiger partial charge in [-0.2, -0.15) is 0 Å². The molecule has 2 aromatic rings. The van der Waals surface area contributed by atoms with Gasteiger partial charge >= 0.3 is 0 Å². The Hall–Kier alpha value is -1.39. The van der Waals surface area contributed by atoms with E-state index < -0.39 is 0 Å². The highest BCUT2D eigenvalue weighted by Gasteiger charge is 2.24. The molecule has 1 aliphatic rings. The Balaban J connectivity index is 1.96. The van der Waals surface area contributed by atoms with Crippen LogP contribution in [0.4, 0.5) is 10.8 Å². The first-order valence-corrected chi connectivity index (χ1v) is 7.86. The number of hydrogen-bond acceptors (Lipinski definition) is 4. The van der Waals surface area contributed by atoms with Crippen LogP contribution in [-0.4, -0.2) is 17.1 Å². The predicted molar refractivity (Wildman–Crippen MR) is 84.0 cm³/mol. The SMILES string of the molecule is Cc1ccc(N(C)c2nc3c(s2)CCCC3O)c(C)c1. The number of nitrogens with zero attached hydrogens (tertiary/aromatic N) is 2. The minimum absolute atomic E-state index is 0.378. The number of aryl methyl sites for hydroxylation is 3. The Bertz CT molecular complexity index is 635. The summed E-state index contributed by atoms with van der Waals surface area (Å²) in [5.41, 5.74) is 4.60. The zero-order valence-corrected chi connectivity index (χ0v) is 13.0. The van der Waals surface area contributed by atoms with Crippen molar-refractivity contribution in [2.75, 3.05) is 11.9 Å². The van der Waals surface area contributed by atoms with Gasteiger partial charge in [-0.1, -0.05) is 17.7 Å². The molecule has 1 aromatic heterocycles. The molecule has 0 radical (unpaired) electrons. The Morgan fingerprint density at radius 2 is 2.15 bits per heavy atom. The number of thiazole rings is 1. The smallest absolute Gasteiger partial charge is 0.190 e. The number of aromatic nitrogens is 1. The summed E-state index contributed by atoms with van der Waals surface area (Å²) in [5, 5.41) is 11.0.